The quantitative estimate of drug-likeness (QED) is 0.261. The summed E-state index contributed by atoms with van der Waals surface area (Å²) in [4.78, 5) is 27.9. The van der Waals surface area contributed by atoms with Gasteiger partial charge < -0.3 is 14.7 Å². The fraction of sp³-hybridized carbons (Fsp3) is 0.310. The van der Waals surface area contributed by atoms with Gasteiger partial charge in [0.05, 0.1) is 18.7 Å². The summed E-state index contributed by atoms with van der Waals surface area (Å²) in [7, 11) is 1.37. The monoisotopic (exact) mass is 523 g/mol. The van der Waals surface area contributed by atoms with Gasteiger partial charge in [-0.25, -0.2) is 4.79 Å². The molecule has 0 spiro atoms. The molecule has 1 N–H and O–H groups in total. The summed E-state index contributed by atoms with van der Waals surface area (Å²) < 4.78 is 4.74. The first-order chi connectivity index (χ1) is 17.4. The number of nitrogens with zero attached hydrogens (tertiary/aromatic N) is 1. The first kappa shape index (κ1) is 26.1. The lowest BCUT2D eigenvalue weighted by atomic mass is 10.1. The van der Waals surface area contributed by atoms with Gasteiger partial charge in [0.1, 0.15) is 6.10 Å². The van der Waals surface area contributed by atoms with E-state index in [9.17, 15) is 14.7 Å². The molecule has 0 bridgehead atoms. The zero-order valence-electron chi connectivity index (χ0n) is 20.4. The Hall–Kier alpha value is -2.93. The van der Waals surface area contributed by atoms with E-state index in [1.807, 2.05) is 60.4 Å². The molecule has 2 aromatic carbocycles. The van der Waals surface area contributed by atoms with E-state index in [-0.39, 0.29) is 17.9 Å². The van der Waals surface area contributed by atoms with Crippen LogP contribution in [0.3, 0.4) is 0 Å². The number of aliphatic hydroxyl groups excluding tert-OH is 1. The molecule has 1 fully saturated rings. The minimum atomic E-state index is -0.720. The molecule has 0 radical (unpaired) electrons. The molecule has 5 nitrogen and oxygen atoms in total. The molecule has 1 saturated heterocycles. The third-order valence-electron chi connectivity index (χ3n) is 6.50. The van der Waals surface area contributed by atoms with Crippen LogP contribution in [0.15, 0.2) is 66.7 Å². The second-order valence-electron chi connectivity index (χ2n) is 8.98. The molecule has 1 aliphatic heterocycles. The van der Waals surface area contributed by atoms with Crippen molar-refractivity contribution < 1.29 is 19.4 Å². The van der Waals surface area contributed by atoms with Gasteiger partial charge in [-0.1, -0.05) is 42.0 Å². The van der Waals surface area contributed by atoms with Crippen LogP contribution in [0.2, 0.25) is 5.02 Å². The van der Waals surface area contributed by atoms with Crippen LogP contribution in [0.25, 0.3) is 10.4 Å². The molecule has 7 heteroatoms. The molecule has 1 aliphatic rings. The minimum Gasteiger partial charge on any atom is -0.465 e. The molecule has 2 atom stereocenters. The number of rotatable bonds is 9. The van der Waals surface area contributed by atoms with E-state index in [0.29, 0.717) is 23.6 Å². The van der Waals surface area contributed by atoms with E-state index >= 15 is 0 Å². The van der Waals surface area contributed by atoms with Gasteiger partial charge in [0.15, 0.2) is 0 Å². The molecule has 0 aliphatic carbocycles. The molecule has 1 aromatic heterocycles. The summed E-state index contributed by atoms with van der Waals surface area (Å²) >= 11 is 7.64. The Bertz CT molecular complexity index is 1250. The Labute approximate surface area is 221 Å². The van der Waals surface area contributed by atoms with Crippen molar-refractivity contribution in [2.24, 2.45) is 0 Å². The maximum Gasteiger partial charge on any atom is 0.337 e. The number of esters is 1. The summed E-state index contributed by atoms with van der Waals surface area (Å²) in [6, 6.07) is 17.2. The van der Waals surface area contributed by atoms with Crippen LogP contribution in [-0.2, 0) is 16.0 Å². The molecule has 2 heterocycles. The Morgan fingerprint density at radius 1 is 1.22 bits per heavy atom. The van der Waals surface area contributed by atoms with Crippen molar-refractivity contribution in [1.82, 2.24) is 4.90 Å². The van der Waals surface area contributed by atoms with E-state index in [4.69, 9.17) is 16.3 Å². The molecular formula is C29H30ClNO4S. The highest BCUT2D eigenvalue weighted by Crippen LogP contribution is 2.35. The zero-order valence-corrected chi connectivity index (χ0v) is 22.0. The van der Waals surface area contributed by atoms with Crippen molar-refractivity contribution in [2.45, 2.75) is 44.8 Å². The number of carbonyl (C=O) groups excluding carboxylic acids is 2. The van der Waals surface area contributed by atoms with Gasteiger partial charge in [-0.05, 0) is 79.3 Å². The van der Waals surface area contributed by atoms with Crippen LogP contribution < -0.4 is 0 Å². The summed E-state index contributed by atoms with van der Waals surface area (Å²) in [6.45, 7) is 2.68. The third kappa shape index (κ3) is 6.25. The van der Waals surface area contributed by atoms with E-state index in [1.165, 1.54) is 7.11 Å². The summed E-state index contributed by atoms with van der Waals surface area (Å²) in [5, 5.41) is 11.5. The molecule has 1 unspecified atom stereocenters. The van der Waals surface area contributed by atoms with Gasteiger partial charge >= 0.3 is 5.97 Å². The molecule has 188 valence electrons. The number of thiophene rings is 1. The lowest BCUT2D eigenvalue weighted by Crippen LogP contribution is -2.33. The highest BCUT2D eigenvalue weighted by Gasteiger charge is 2.28. The normalized spacial score (nSPS) is 16.6. The minimum absolute atomic E-state index is 0.00760. The number of ether oxygens (including phenoxy) is 1. The number of carbonyl (C=O) groups is 2. The summed E-state index contributed by atoms with van der Waals surface area (Å²) in [5.41, 5.74) is 3.85. The molecule has 0 saturated carbocycles. The van der Waals surface area contributed by atoms with Crippen LogP contribution in [-0.4, -0.2) is 41.6 Å². The average molecular weight is 524 g/mol. The first-order valence-corrected chi connectivity index (χ1v) is 13.2. The second-order valence-corrected chi connectivity index (χ2v) is 10.5. The van der Waals surface area contributed by atoms with Gasteiger partial charge in [-0.2, -0.15) is 0 Å². The van der Waals surface area contributed by atoms with Crippen molar-refractivity contribution in [2.75, 3.05) is 13.7 Å². The number of aryl methyl sites for hydroxylation is 2. The number of likely N-dealkylation sites (tertiary alicyclic amines) is 1. The van der Waals surface area contributed by atoms with Crippen LogP contribution in [0.5, 0.6) is 0 Å². The number of aliphatic hydroxyl groups is 1. The van der Waals surface area contributed by atoms with Crippen molar-refractivity contribution >= 4 is 34.8 Å². The lowest BCUT2D eigenvalue weighted by molar-refractivity contribution is -0.128. The molecule has 3 aromatic rings. The Balaban J connectivity index is 1.33. The maximum absolute atomic E-state index is 12.5. The Kier molecular flexibility index (Phi) is 8.62. The van der Waals surface area contributed by atoms with Crippen LogP contribution in [0, 0.1) is 6.92 Å². The second kappa shape index (κ2) is 11.9. The fourth-order valence-corrected chi connectivity index (χ4v) is 5.80. The van der Waals surface area contributed by atoms with E-state index in [2.05, 4.69) is 0 Å². The highest BCUT2D eigenvalue weighted by atomic mass is 35.5. The highest BCUT2D eigenvalue weighted by molar-refractivity contribution is 7.15. The predicted octanol–water partition coefficient (Wildman–Crippen LogP) is 6.38. The van der Waals surface area contributed by atoms with Crippen molar-refractivity contribution in [3.8, 4) is 10.4 Å². The number of halogens is 1. The number of amides is 1. The Morgan fingerprint density at radius 3 is 2.72 bits per heavy atom. The topological polar surface area (TPSA) is 66.8 Å². The number of benzene rings is 2. The zero-order chi connectivity index (χ0) is 25.7. The first-order valence-electron chi connectivity index (χ1n) is 12.0. The van der Waals surface area contributed by atoms with E-state index < -0.39 is 6.10 Å². The van der Waals surface area contributed by atoms with Gasteiger partial charge in [-0.15, -0.1) is 11.3 Å². The standard InChI is InChI=1S/C29H30ClNO4S/c1-19-18-22(30)9-12-24(19)26-14-15-27(36-26)25(32)13-10-23-11-16-28(33)31(23)17-3-4-20-5-7-21(8-6-20)29(34)35-2/h5-10,12-15,18,23,25,32H,3-4,11,16-17H2,1-2H3/b13-10+/t23-,25?/m0/s1. The van der Waals surface area contributed by atoms with Gasteiger partial charge in [0.25, 0.3) is 0 Å². The number of hydrogen-bond donors (Lipinski definition) is 1. The van der Waals surface area contributed by atoms with Crippen molar-refractivity contribution in [1.29, 1.82) is 0 Å². The van der Waals surface area contributed by atoms with Crippen molar-refractivity contribution in [3.05, 3.63) is 93.3 Å². The third-order valence-corrected chi connectivity index (χ3v) is 7.93. The molecular weight excluding hydrogens is 494 g/mol. The smallest absolute Gasteiger partial charge is 0.337 e. The Morgan fingerprint density at radius 2 is 2.00 bits per heavy atom. The number of methoxy groups -OCH3 is 1. The van der Waals surface area contributed by atoms with Gasteiger partial charge in [0.2, 0.25) is 5.91 Å². The van der Waals surface area contributed by atoms with E-state index in [1.54, 1.807) is 29.5 Å². The fourth-order valence-electron chi connectivity index (χ4n) is 4.51. The average Bonchev–Trinajstić information content (AvgIpc) is 3.50. The van der Waals surface area contributed by atoms with Crippen molar-refractivity contribution in [3.63, 3.8) is 0 Å². The largest absolute Gasteiger partial charge is 0.465 e. The lowest BCUT2D eigenvalue weighted by Gasteiger charge is -2.22. The maximum atomic E-state index is 12.5. The molecule has 36 heavy (non-hydrogen) atoms. The van der Waals surface area contributed by atoms with E-state index in [0.717, 1.165) is 45.7 Å². The van der Waals surface area contributed by atoms with Crippen LogP contribution in [0.4, 0.5) is 0 Å². The van der Waals surface area contributed by atoms with Gasteiger partial charge in [0, 0.05) is 27.7 Å². The van der Waals surface area contributed by atoms with Gasteiger partial charge in [-0.3, -0.25) is 4.79 Å². The van der Waals surface area contributed by atoms with Crippen LogP contribution in [0.1, 0.15) is 51.7 Å². The molecule has 1 amide bonds. The van der Waals surface area contributed by atoms with Crippen LogP contribution >= 0.6 is 22.9 Å². The predicted molar refractivity (Wildman–Crippen MR) is 144 cm³/mol. The molecule has 4 rings (SSSR count). The number of hydrogen-bond acceptors (Lipinski definition) is 5. The summed E-state index contributed by atoms with van der Waals surface area (Å²) in [6.07, 6.45) is 5.96. The SMILES string of the molecule is COC(=O)c1ccc(CCCN2C(=O)CC[C@@H]2/C=C/C(O)c2ccc(-c3ccc(Cl)cc3C)s2)cc1. The summed E-state index contributed by atoms with van der Waals surface area (Å²) in [5.74, 6) is -0.198.